The number of phenols is 1. The fourth-order valence-corrected chi connectivity index (χ4v) is 3.25. The number of carbonyl (C=O) groups excluding carboxylic acids is 1. The number of aryl methyl sites for hydroxylation is 3. The highest BCUT2D eigenvalue weighted by Crippen LogP contribution is 2.27. The second-order valence-corrected chi connectivity index (χ2v) is 7.06. The minimum absolute atomic E-state index is 0.168. The zero-order chi connectivity index (χ0) is 19.8. The van der Waals surface area contributed by atoms with Crippen LogP contribution >= 0.6 is 0 Å². The molecule has 1 amide bonds. The Bertz CT molecular complexity index is 1190. The highest BCUT2D eigenvalue weighted by molar-refractivity contribution is 6.08. The Kier molecular flexibility index (Phi) is 4.35. The van der Waals surface area contributed by atoms with Crippen LogP contribution in [0.5, 0.6) is 5.75 Å². The van der Waals surface area contributed by atoms with Gasteiger partial charge < -0.3 is 10.4 Å². The molecule has 5 nitrogen and oxygen atoms in total. The summed E-state index contributed by atoms with van der Waals surface area (Å²) < 4.78 is 1.83. The van der Waals surface area contributed by atoms with Crippen LogP contribution < -0.4 is 5.32 Å². The van der Waals surface area contributed by atoms with Crippen molar-refractivity contribution in [3.63, 3.8) is 0 Å². The Balaban J connectivity index is 1.85. The van der Waals surface area contributed by atoms with Gasteiger partial charge in [0.15, 0.2) is 0 Å². The van der Waals surface area contributed by atoms with E-state index in [1.807, 2.05) is 67.8 Å². The highest BCUT2D eigenvalue weighted by atomic mass is 16.3. The first-order valence-corrected chi connectivity index (χ1v) is 9.09. The lowest BCUT2D eigenvalue weighted by Crippen LogP contribution is -2.16. The Morgan fingerprint density at radius 3 is 2.39 bits per heavy atom. The topological polar surface area (TPSA) is 66.6 Å². The summed E-state index contributed by atoms with van der Waals surface area (Å²) in [5.41, 5.74) is 6.35. The predicted octanol–water partition coefficient (Wildman–Crippen LogP) is 4.88. The normalized spacial score (nSPS) is 11.0. The Morgan fingerprint density at radius 2 is 1.68 bits per heavy atom. The molecule has 4 rings (SSSR count). The van der Waals surface area contributed by atoms with Crippen LogP contribution in [0.15, 0.2) is 60.8 Å². The molecule has 2 aromatic heterocycles. The molecule has 0 atom stereocenters. The Hall–Kier alpha value is -3.60. The van der Waals surface area contributed by atoms with Crippen molar-refractivity contribution in [3.8, 4) is 17.0 Å². The molecule has 4 aromatic rings. The van der Waals surface area contributed by atoms with Gasteiger partial charge in [0.1, 0.15) is 22.8 Å². The number of pyridine rings is 1. The van der Waals surface area contributed by atoms with Gasteiger partial charge in [-0.1, -0.05) is 35.9 Å². The van der Waals surface area contributed by atoms with Crippen molar-refractivity contribution in [1.82, 2.24) is 9.38 Å². The molecule has 0 spiro atoms. The van der Waals surface area contributed by atoms with Gasteiger partial charge in [-0.3, -0.25) is 9.20 Å². The molecule has 0 aliphatic carbocycles. The first kappa shape index (κ1) is 17.8. The second-order valence-electron chi connectivity index (χ2n) is 7.06. The molecule has 2 N–H and O–H groups in total. The van der Waals surface area contributed by atoms with Crippen LogP contribution in [-0.4, -0.2) is 20.4 Å². The standard InChI is InChI=1S/C23H21N3O2/c1-14-4-7-17(8-5-14)21-22(26-13-15(2)6-11-20(26)25-21)23(28)24-19-10-9-18(27)12-16(19)3/h4-13,27H,1-3H3,(H,24,28). The van der Waals surface area contributed by atoms with Crippen molar-refractivity contribution in [2.45, 2.75) is 20.8 Å². The SMILES string of the molecule is Cc1ccc(-c2nc3ccc(C)cn3c2C(=O)Nc2ccc(O)cc2C)cc1. The van der Waals surface area contributed by atoms with Gasteiger partial charge in [-0.05, 0) is 56.2 Å². The van der Waals surface area contributed by atoms with E-state index in [4.69, 9.17) is 4.98 Å². The maximum atomic E-state index is 13.3. The van der Waals surface area contributed by atoms with Crippen LogP contribution in [0.2, 0.25) is 0 Å². The van der Waals surface area contributed by atoms with Crippen LogP contribution in [0.4, 0.5) is 5.69 Å². The molecule has 0 bridgehead atoms. The minimum Gasteiger partial charge on any atom is -0.508 e. The van der Waals surface area contributed by atoms with E-state index < -0.39 is 0 Å². The van der Waals surface area contributed by atoms with Gasteiger partial charge in [-0.15, -0.1) is 0 Å². The third-order valence-corrected chi connectivity index (χ3v) is 4.76. The molecule has 0 aliphatic rings. The van der Waals surface area contributed by atoms with Crippen molar-refractivity contribution in [2.75, 3.05) is 5.32 Å². The quantitative estimate of drug-likeness (QED) is 0.504. The lowest BCUT2D eigenvalue weighted by molar-refractivity contribution is 0.102. The monoisotopic (exact) mass is 371 g/mol. The summed E-state index contributed by atoms with van der Waals surface area (Å²) >= 11 is 0. The lowest BCUT2D eigenvalue weighted by Gasteiger charge is -2.10. The average Bonchev–Trinajstić information content (AvgIpc) is 3.03. The molecule has 0 unspecified atom stereocenters. The first-order valence-electron chi connectivity index (χ1n) is 9.09. The number of nitrogens with zero attached hydrogens (tertiary/aromatic N) is 2. The number of rotatable bonds is 3. The number of hydrogen-bond donors (Lipinski definition) is 2. The summed E-state index contributed by atoms with van der Waals surface area (Å²) in [6, 6.07) is 16.7. The molecule has 28 heavy (non-hydrogen) atoms. The lowest BCUT2D eigenvalue weighted by atomic mass is 10.1. The molecule has 0 aliphatic heterocycles. The van der Waals surface area contributed by atoms with E-state index >= 15 is 0 Å². The maximum absolute atomic E-state index is 13.3. The molecule has 140 valence electrons. The van der Waals surface area contributed by atoms with E-state index in [-0.39, 0.29) is 11.7 Å². The third-order valence-electron chi connectivity index (χ3n) is 4.76. The molecular formula is C23H21N3O2. The van der Waals surface area contributed by atoms with Gasteiger partial charge in [-0.2, -0.15) is 0 Å². The van der Waals surface area contributed by atoms with Crippen LogP contribution in [0.1, 0.15) is 27.2 Å². The van der Waals surface area contributed by atoms with E-state index in [0.717, 1.165) is 22.3 Å². The maximum Gasteiger partial charge on any atom is 0.274 e. The van der Waals surface area contributed by atoms with E-state index in [1.165, 1.54) is 0 Å². The van der Waals surface area contributed by atoms with E-state index in [2.05, 4.69) is 5.32 Å². The van der Waals surface area contributed by atoms with Gasteiger partial charge in [0.25, 0.3) is 5.91 Å². The van der Waals surface area contributed by atoms with Crippen molar-refractivity contribution in [2.24, 2.45) is 0 Å². The summed E-state index contributed by atoms with van der Waals surface area (Å²) in [4.78, 5) is 18.0. The molecule has 0 radical (unpaired) electrons. The number of amides is 1. The average molecular weight is 371 g/mol. The summed E-state index contributed by atoms with van der Waals surface area (Å²) in [5.74, 6) is -0.0799. The number of aromatic hydroxyl groups is 1. The van der Waals surface area contributed by atoms with E-state index in [0.29, 0.717) is 22.7 Å². The van der Waals surface area contributed by atoms with Crippen LogP contribution in [-0.2, 0) is 0 Å². The number of carbonyl (C=O) groups is 1. The summed E-state index contributed by atoms with van der Waals surface area (Å²) in [7, 11) is 0. The fourth-order valence-electron chi connectivity index (χ4n) is 3.25. The third kappa shape index (κ3) is 3.22. The molecule has 2 heterocycles. The minimum atomic E-state index is -0.248. The van der Waals surface area contributed by atoms with Gasteiger partial charge in [0.05, 0.1) is 0 Å². The summed E-state index contributed by atoms with van der Waals surface area (Å²) in [5, 5.41) is 12.6. The van der Waals surface area contributed by atoms with E-state index in [1.54, 1.807) is 18.2 Å². The smallest absolute Gasteiger partial charge is 0.274 e. The zero-order valence-electron chi connectivity index (χ0n) is 16.0. The van der Waals surface area contributed by atoms with Crippen molar-refractivity contribution in [1.29, 1.82) is 0 Å². The molecule has 5 heteroatoms. The van der Waals surface area contributed by atoms with Crippen molar-refractivity contribution >= 4 is 17.2 Å². The number of imidazole rings is 1. The first-order chi connectivity index (χ1) is 13.4. The summed E-state index contributed by atoms with van der Waals surface area (Å²) in [6.45, 7) is 5.85. The van der Waals surface area contributed by atoms with Crippen LogP contribution in [0.25, 0.3) is 16.9 Å². The van der Waals surface area contributed by atoms with Gasteiger partial charge >= 0.3 is 0 Å². The molecule has 0 saturated heterocycles. The summed E-state index contributed by atoms with van der Waals surface area (Å²) in [6.07, 6.45) is 1.92. The molecule has 2 aromatic carbocycles. The Morgan fingerprint density at radius 1 is 0.964 bits per heavy atom. The fraction of sp³-hybridized carbons (Fsp3) is 0.130. The van der Waals surface area contributed by atoms with Crippen LogP contribution in [0.3, 0.4) is 0 Å². The predicted molar refractivity (Wildman–Crippen MR) is 111 cm³/mol. The number of aromatic nitrogens is 2. The highest BCUT2D eigenvalue weighted by Gasteiger charge is 2.21. The van der Waals surface area contributed by atoms with Crippen molar-refractivity contribution < 1.29 is 9.90 Å². The number of phenolic OH excluding ortho intramolecular Hbond substituents is 1. The number of benzene rings is 2. The van der Waals surface area contributed by atoms with Crippen LogP contribution in [0, 0.1) is 20.8 Å². The zero-order valence-corrected chi connectivity index (χ0v) is 16.0. The number of nitrogens with one attached hydrogen (secondary N) is 1. The molecule has 0 fully saturated rings. The number of hydrogen-bond acceptors (Lipinski definition) is 3. The van der Waals surface area contributed by atoms with E-state index in [9.17, 15) is 9.90 Å². The largest absolute Gasteiger partial charge is 0.508 e. The number of fused-ring (bicyclic) bond motifs is 1. The van der Waals surface area contributed by atoms with Gasteiger partial charge in [-0.25, -0.2) is 4.98 Å². The molecular weight excluding hydrogens is 350 g/mol. The van der Waals surface area contributed by atoms with Gasteiger partial charge in [0.2, 0.25) is 0 Å². The Labute approximate surface area is 163 Å². The second kappa shape index (κ2) is 6.85. The van der Waals surface area contributed by atoms with Crippen molar-refractivity contribution in [3.05, 3.63) is 83.2 Å². The molecule has 0 saturated carbocycles. The van der Waals surface area contributed by atoms with Gasteiger partial charge in [0, 0.05) is 17.4 Å². The number of anilines is 1.